The first-order valence-electron chi connectivity index (χ1n) is 8.42. The molecule has 0 atom stereocenters. The largest absolute Gasteiger partial charge is 0.508 e. The van der Waals surface area contributed by atoms with Crippen LogP contribution in [-0.2, 0) is 9.84 Å². The quantitative estimate of drug-likeness (QED) is 0.889. The molecule has 0 radical (unpaired) electrons. The zero-order valence-electron chi connectivity index (χ0n) is 14.1. The van der Waals surface area contributed by atoms with Gasteiger partial charge in [-0.3, -0.25) is 4.79 Å². The van der Waals surface area contributed by atoms with Gasteiger partial charge in [0.1, 0.15) is 11.6 Å². The SMILES string of the molecule is O=C(c1ccc(F)cc1)N1CCC(CS(=O)(=O)c2ccc(O)cc2)CC1. The van der Waals surface area contributed by atoms with Crippen LogP contribution in [0.1, 0.15) is 23.2 Å². The van der Waals surface area contributed by atoms with E-state index in [1.807, 2.05) is 0 Å². The monoisotopic (exact) mass is 377 g/mol. The number of amides is 1. The van der Waals surface area contributed by atoms with Crippen LogP contribution in [0.15, 0.2) is 53.4 Å². The summed E-state index contributed by atoms with van der Waals surface area (Å²) in [6, 6.07) is 10.9. The van der Waals surface area contributed by atoms with Gasteiger partial charge in [0.15, 0.2) is 9.84 Å². The number of likely N-dealkylation sites (tertiary alicyclic amines) is 1. The molecule has 0 spiro atoms. The summed E-state index contributed by atoms with van der Waals surface area (Å²) >= 11 is 0. The number of halogens is 1. The Morgan fingerprint density at radius 2 is 1.62 bits per heavy atom. The van der Waals surface area contributed by atoms with Crippen molar-refractivity contribution >= 4 is 15.7 Å². The molecule has 3 rings (SSSR count). The molecule has 26 heavy (non-hydrogen) atoms. The number of aromatic hydroxyl groups is 1. The Bertz CT molecular complexity index is 871. The average molecular weight is 377 g/mol. The predicted octanol–water partition coefficient (Wildman–Crippen LogP) is 2.86. The van der Waals surface area contributed by atoms with Crippen LogP contribution in [-0.4, -0.2) is 43.2 Å². The van der Waals surface area contributed by atoms with Crippen molar-refractivity contribution in [3.63, 3.8) is 0 Å². The van der Waals surface area contributed by atoms with Gasteiger partial charge in [0.2, 0.25) is 0 Å². The molecule has 1 heterocycles. The summed E-state index contributed by atoms with van der Waals surface area (Å²) < 4.78 is 37.9. The van der Waals surface area contributed by atoms with E-state index in [2.05, 4.69) is 0 Å². The minimum absolute atomic E-state index is 0.0222. The smallest absolute Gasteiger partial charge is 0.253 e. The van der Waals surface area contributed by atoms with E-state index in [9.17, 15) is 22.7 Å². The van der Waals surface area contributed by atoms with Crippen molar-refractivity contribution in [2.24, 2.45) is 5.92 Å². The van der Waals surface area contributed by atoms with E-state index in [1.165, 1.54) is 48.5 Å². The van der Waals surface area contributed by atoms with Crippen LogP contribution in [0, 0.1) is 11.7 Å². The highest BCUT2D eigenvalue weighted by Crippen LogP contribution is 2.24. The van der Waals surface area contributed by atoms with Gasteiger partial charge in [-0.2, -0.15) is 0 Å². The van der Waals surface area contributed by atoms with Gasteiger partial charge in [-0.25, -0.2) is 12.8 Å². The second kappa shape index (κ2) is 7.45. The summed E-state index contributed by atoms with van der Waals surface area (Å²) in [6.45, 7) is 0.956. The average Bonchev–Trinajstić information content (AvgIpc) is 2.62. The minimum Gasteiger partial charge on any atom is -0.508 e. The molecule has 0 saturated carbocycles. The third-order valence-corrected chi connectivity index (χ3v) is 6.54. The Kier molecular flexibility index (Phi) is 5.27. The summed E-state index contributed by atoms with van der Waals surface area (Å²) in [7, 11) is -3.43. The Labute approximate surface area is 152 Å². The van der Waals surface area contributed by atoms with Gasteiger partial charge in [0.25, 0.3) is 5.91 Å². The van der Waals surface area contributed by atoms with E-state index in [0.29, 0.717) is 31.5 Å². The van der Waals surface area contributed by atoms with Gasteiger partial charge in [0.05, 0.1) is 10.6 Å². The van der Waals surface area contributed by atoms with Crippen molar-refractivity contribution in [1.29, 1.82) is 0 Å². The number of benzene rings is 2. The molecule has 1 fully saturated rings. The van der Waals surface area contributed by atoms with Crippen LogP contribution < -0.4 is 0 Å². The highest BCUT2D eigenvalue weighted by Gasteiger charge is 2.28. The standard InChI is InChI=1S/C19H20FNO4S/c20-16-3-1-15(2-4-16)19(23)21-11-9-14(10-12-21)13-26(24,25)18-7-5-17(22)6-8-18/h1-8,14,22H,9-13H2. The first-order chi connectivity index (χ1) is 12.3. The predicted molar refractivity (Wildman–Crippen MR) is 95.2 cm³/mol. The fourth-order valence-corrected chi connectivity index (χ4v) is 4.83. The normalized spacial score (nSPS) is 15.8. The molecule has 1 amide bonds. The number of carbonyl (C=O) groups is 1. The highest BCUT2D eigenvalue weighted by molar-refractivity contribution is 7.91. The van der Waals surface area contributed by atoms with Crippen molar-refractivity contribution in [2.45, 2.75) is 17.7 Å². The van der Waals surface area contributed by atoms with Gasteiger partial charge < -0.3 is 10.0 Å². The molecule has 138 valence electrons. The van der Waals surface area contributed by atoms with E-state index in [-0.39, 0.29) is 34.0 Å². The Hall–Kier alpha value is -2.41. The lowest BCUT2D eigenvalue weighted by Gasteiger charge is -2.32. The number of hydrogen-bond donors (Lipinski definition) is 1. The first kappa shape index (κ1) is 18.4. The fourth-order valence-electron chi connectivity index (χ4n) is 3.14. The Balaban J connectivity index is 1.59. The maximum absolute atomic E-state index is 13.0. The van der Waals surface area contributed by atoms with E-state index >= 15 is 0 Å². The molecule has 1 N–H and O–H groups in total. The molecule has 0 aromatic heterocycles. The topological polar surface area (TPSA) is 74.7 Å². The maximum atomic E-state index is 13.0. The molecule has 1 aliphatic rings. The number of hydrogen-bond acceptors (Lipinski definition) is 4. The van der Waals surface area contributed by atoms with Crippen molar-refractivity contribution in [3.05, 3.63) is 59.9 Å². The van der Waals surface area contributed by atoms with E-state index in [0.717, 1.165) is 0 Å². The summed E-state index contributed by atoms with van der Waals surface area (Å²) in [5.41, 5.74) is 0.432. The molecule has 0 aliphatic carbocycles. The highest BCUT2D eigenvalue weighted by atomic mass is 32.2. The Morgan fingerprint density at radius 1 is 1.04 bits per heavy atom. The third-order valence-electron chi connectivity index (χ3n) is 4.64. The third kappa shape index (κ3) is 4.22. The molecule has 1 saturated heterocycles. The zero-order chi connectivity index (χ0) is 18.7. The van der Waals surface area contributed by atoms with Crippen LogP contribution in [0.5, 0.6) is 5.75 Å². The van der Waals surface area contributed by atoms with Crippen LogP contribution in [0.3, 0.4) is 0 Å². The van der Waals surface area contributed by atoms with Crippen LogP contribution in [0.4, 0.5) is 4.39 Å². The van der Waals surface area contributed by atoms with Crippen molar-refractivity contribution in [3.8, 4) is 5.75 Å². The summed E-state index contributed by atoms with van der Waals surface area (Å²) in [5.74, 6) is -0.525. The van der Waals surface area contributed by atoms with Crippen LogP contribution in [0.2, 0.25) is 0 Å². The first-order valence-corrected chi connectivity index (χ1v) is 10.1. The number of phenolic OH excluding ortho intramolecular Hbond substituents is 1. The van der Waals surface area contributed by atoms with Gasteiger partial charge in [-0.1, -0.05) is 0 Å². The second-order valence-corrected chi connectivity index (χ2v) is 8.55. The van der Waals surface area contributed by atoms with Gasteiger partial charge in [0, 0.05) is 18.7 Å². The van der Waals surface area contributed by atoms with Crippen molar-refractivity contribution < 1.29 is 22.7 Å². The second-order valence-electron chi connectivity index (χ2n) is 6.52. The lowest BCUT2D eigenvalue weighted by Crippen LogP contribution is -2.39. The van der Waals surface area contributed by atoms with Gasteiger partial charge in [-0.15, -0.1) is 0 Å². The Morgan fingerprint density at radius 3 is 2.19 bits per heavy atom. The molecule has 2 aromatic carbocycles. The van der Waals surface area contributed by atoms with E-state index in [4.69, 9.17) is 0 Å². The molecule has 0 bridgehead atoms. The van der Waals surface area contributed by atoms with Crippen LogP contribution >= 0.6 is 0 Å². The fraction of sp³-hybridized carbons (Fsp3) is 0.316. The number of rotatable bonds is 4. The lowest BCUT2D eigenvalue weighted by atomic mass is 9.98. The molecular formula is C19H20FNO4S. The van der Waals surface area contributed by atoms with Crippen molar-refractivity contribution in [2.75, 3.05) is 18.8 Å². The molecule has 2 aromatic rings. The molecule has 7 heteroatoms. The maximum Gasteiger partial charge on any atom is 0.253 e. The molecule has 0 unspecified atom stereocenters. The summed E-state index contributed by atoms with van der Waals surface area (Å²) in [5, 5.41) is 9.28. The number of nitrogens with zero attached hydrogens (tertiary/aromatic N) is 1. The number of phenols is 1. The minimum atomic E-state index is -3.43. The number of piperidine rings is 1. The molecular weight excluding hydrogens is 357 g/mol. The number of sulfone groups is 1. The zero-order valence-corrected chi connectivity index (χ0v) is 15.0. The van der Waals surface area contributed by atoms with Crippen LogP contribution in [0.25, 0.3) is 0 Å². The van der Waals surface area contributed by atoms with Gasteiger partial charge >= 0.3 is 0 Å². The van der Waals surface area contributed by atoms with Gasteiger partial charge in [-0.05, 0) is 67.3 Å². The number of carbonyl (C=O) groups excluding carboxylic acids is 1. The van der Waals surface area contributed by atoms with E-state index in [1.54, 1.807) is 4.90 Å². The summed E-state index contributed by atoms with van der Waals surface area (Å²) in [4.78, 5) is 14.3. The lowest BCUT2D eigenvalue weighted by molar-refractivity contribution is 0.0698. The van der Waals surface area contributed by atoms with E-state index < -0.39 is 9.84 Å². The van der Waals surface area contributed by atoms with Crippen molar-refractivity contribution in [1.82, 2.24) is 4.90 Å². The molecule has 1 aliphatic heterocycles. The summed E-state index contributed by atoms with van der Waals surface area (Å²) in [6.07, 6.45) is 1.20. The molecule has 5 nitrogen and oxygen atoms in total.